The molecule has 1 unspecified atom stereocenters. The second kappa shape index (κ2) is 4.29. The highest BCUT2D eigenvalue weighted by Gasteiger charge is 2.29. The molecule has 0 saturated carbocycles. The summed E-state index contributed by atoms with van der Waals surface area (Å²) in [6.07, 6.45) is 6.11. The maximum Gasteiger partial charge on any atom is 0.259 e. The first kappa shape index (κ1) is 11.0. The van der Waals surface area contributed by atoms with E-state index in [9.17, 15) is 4.79 Å². The number of aromatic nitrogens is 3. The van der Waals surface area contributed by atoms with E-state index < -0.39 is 0 Å². The molecule has 94 valence electrons. The summed E-state index contributed by atoms with van der Waals surface area (Å²) in [6.45, 7) is 3.18. The van der Waals surface area contributed by atoms with Crippen LogP contribution in [0.4, 0.5) is 0 Å². The van der Waals surface area contributed by atoms with Gasteiger partial charge in [0, 0.05) is 25.5 Å². The third-order valence-corrected chi connectivity index (χ3v) is 3.33. The molecule has 6 nitrogen and oxygen atoms in total. The zero-order valence-corrected chi connectivity index (χ0v) is 10.1. The van der Waals surface area contributed by atoms with Crippen molar-refractivity contribution in [2.45, 2.75) is 19.4 Å². The summed E-state index contributed by atoms with van der Waals surface area (Å²) in [4.78, 5) is 14.1. The molecule has 0 spiro atoms. The molecule has 1 aliphatic rings. The van der Waals surface area contributed by atoms with Crippen LogP contribution in [0.2, 0.25) is 0 Å². The van der Waals surface area contributed by atoms with E-state index in [1.165, 1.54) is 6.20 Å². The van der Waals surface area contributed by atoms with Gasteiger partial charge in [-0.25, -0.2) is 0 Å². The maximum absolute atomic E-state index is 12.2. The third-order valence-electron chi connectivity index (χ3n) is 3.33. The molecule has 2 aromatic heterocycles. The molecule has 0 aliphatic carbocycles. The van der Waals surface area contributed by atoms with E-state index in [-0.39, 0.29) is 11.9 Å². The Labute approximate surface area is 104 Å². The Morgan fingerprint density at radius 1 is 1.56 bits per heavy atom. The smallest absolute Gasteiger partial charge is 0.259 e. The number of amides is 1. The first-order chi connectivity index (χ1) is 8.75. The van der Waals surface area contributed by atoms with Crippen LogP contribution in [0, 0.1) is 6.92 Å². The average Bonchev–Trinajstić information content (AvgIpc) is 3.09. The highest BCUT2D eigenvalue weighted by molar-refractivity contribution is 5.94. The van der Waals surface area contributed by atoms with Crippen molar-refractivity contribution >= 4 is 5.91 Å². The number of likely N-dealkylation sites (tertiary alicyclic amines) is 1. The topological polar surface area (TPSA) is 64.2 Å². The number of hydrogen-bond donors (Lipinski definition) is 0. The van der Waals surface area contributed by atoms with Crippen LogP contribution >= 0.6 is 0 Å². The first-order valence-electron chi connectivity index (χ1n) is 5.95. The van der Waals surface area contributed by atoms with Gasteiger partial charge in [-0.1, -0.05) is 5.16 Å². The normalized spacial score (nSPS) is 19.4. The lowest BCUT2D eigenvalue weighted by molar-refractivity contribution is 0.0785. The summed E-state index contributed by atoms with van der Waals surface area (Å²) in [5.41, 5.74) is 0.552. The SMILES string of the molecule is Cc1oncc1C(=O)N1CCC(n2cccn2)C1. The van der Waals surface area contributed by atoms with Crippen LogP contribution in [-0.2, 0) is 0 Å². The van der Waals surface area contributed by atoms with Crippen molar-refractivity contribution in [3.63, 3.8) is 0 Å². The first-order valence-corrected chi connectivity index (χ1v) is 5.95. The molecule has 0 aromatic carbocycles. The second-order valence-corrected chi connectivity index (χ2v) is 4.48. The molecule has 6 heteroatoms. The van der Waals surface area contributed by atoms with E-state index >= 15 is 0 Å². The predicted molar refractivity (Wildman–Crippen MR) is 63.0 cm³/mol. The van der Waals surface area contributed by atoms with Crippen LogP contribution in [0.1, 0.15) is 28.6 Å². The fourth-order valence-electron chi connectivity index (χ4n) is 2.31. The van der Waals surface area contributed by atoms with Crippen molar-refractivity contribution in [1.82, 2.24) is 19.8 Å². The van der Waals surface area contributed by atoms with E-state index in [4.69, 9.17) is 4.52 Å². The highest BCUT2D eigenvalue weighted by atomic mass is 16.5. The van der Waals surface area contributed by atoms with Gasteiger partial charge in [0.05, 0.1) is 12.2 Å². The molecule has 1 atom stereocenters. The molecule has 3 rings (SSSR count). The lowest BCUT2D eigenvalue weighted by Crippen LogP contribution is -2.29. The summed E-state index contributed by atoms with van der Waals surface area (Å²) in [6, 6.07) is 2.17. The molecular weight excluding hydrogens is 232 g/mol. The molecule has 3 heterocycles. The fraction of sp³-hybridized carbons (Fsp3) is 0.417. The molecule has 0 N–H and O–H groups in total. The zero-order chi connectivity index (χ0) is 12.5. The van der Waals surface area contributed by atoms with Crippen LogP contribution in [0.5, 0.6) is 0 Å². The number of carbonyl (C=O) groups excluding carboxylic acids is 1. The van der Waals surface area contributed by atoms with Crippen molar-refractivity contribution in [2.75, 3.05) is 13.1 Å². The second-order valence-electron chi connectivity index (χ2n) is 4.48. The number of aryl methyl sites for hydroxylation is 1. The zero-order valence-electron chi connectivity index (χ0n) is 10.1. The summed E-state index contributed by atoms with van der Waals surface area (Å²) in [5, 5.41) is 7.86. The Balaban J connectivity index is 1.73. The molecule has 1 amide bonds. The summed E-state index contributed by atoms with van der Waals surface area (Å²) in [7, 11) is 0. The number of carbonyl (C=O) groups is 1. The van der Waals surface area contributed by atoms with Gasteiger partial charge in [0.2, 0.25) is 0 Å². The van der Waals surface area contributed by atoms with Crippen LogP contribution in [0.15, 0.2) is 29.2 Å². The van der Waals surface area contributed by atoms with Crippen LogP contribution in [0.3, 0.4) is 0 Å². The van der Waals surface area contributed by atoms with Gasteiger partial charge in [0.1, 0.15) is 11.3 Å². The number of nitrogens with zero attached hydrogens (tertiary/aromatic N) is 4. The van der Waals surface area contributed by atoms with Gasteiger partial charge in [-0.15, -0.1) is 0 Å². The summed E-state index contributed by atoms with van der Waals surface area (Å²) in [5.74, 6) is 0.561. The van der Waals surface area contributed by atoms with Gasteiger partial charge in [-0.05, 0) is 19.4 Å². The lowest BCUT2D eigenvalue weighted by atomic mass is 10.2. The molecular formula is C12H14N4O2. The van der Waals surface area contributed by atoms with Crippen molar-refractivity contribution in [3.05, 3.63) is 36.0 Å². The molecule has 1 fully saturated rings. The van der Waals surface area contributed by atoms with Gasteiger partial charge in [0.25, 0.3) is 5.91 Å². The van der Waals surface area contributed by atoms with Crippen molar-refractivity contribution in [1.29, 1.82) is 0 Å². The van der Waals surface area contributed by atoms with Gasteiger partial charge in [-0.2, -0.15) is 5.10 Å². The fourth-order valence-corrected chi connectivity index (χ4v) is 2.31. The van der Waals surface area contributed by atoms with Crippen LogP contribution in [0.25, 0.3) is 0 Å². The monoisotopic (exact) mass is 246 g/mol. The van der Waals surface area contributed by atoms with Crippen LogP contribution < -0.4 is 0 Å². The van der Waals surface area contributed by atoms with Gasteiger partial charge in [-0.3, -0.25) is 9.48 Å². The molecule has 1 saturated heterocycles. The Bertz CT molecular complexity index is 546. The highest BCUT2D eigenvalue weighted by Crippen LogP contribution is 2.23. The minimum Gasteiger partial charge on any atom is -0.361 e. The van der Waals surface area contributed by atoms with E-state index in [2.05, 4.69) is 10.3 Å². The van der Waals surface area contributed by atoms with Crippen molar-refractivity contribution in [2.24, 2.45) is 0 Å². The lowest BCUT2D eigenvalue weighted by Gasteiger charge is -2.15. The third kappa shape index (κ3) is 1.79. The van der Waals surface area contributed by atoms with Crippen molar-refractivity contribution in [3.8, 4) is 0 Å². The minimum atomic E-state index is -0.0107. The standard InChI is InChI=1S/C12H14N4O2/c1-9-11(7-14-18-9)12(17)15-6-3-10(8-15)16-5-2-4-13-16/h2,4-5,7,10H,3,6,8H2,1H3. The summed E-state index contributed by atoms with van der Waals surface area (Å²) < 4.78 is 6.84. The molecule has 1 aliphatic heterocycles. The van der Waals surface area contributed by atoms with Gasteiger partial charge >= 0.3 is 0 Å². The number of rotatable bonds is 2. The van der Waals surface area contributed by atoms with E-state index in [0.29, 0.717) is 17.9 Å². The Morgan fingerprint density at radius 2 is 2.44 bits per heavy atom. The van der Waals surface area contributed by atoms with E-state index in [1.807, 2.05) is 21.8 Å². The van der Waals surface area contributed by atoms with Gasteiger partial charge in [0.15, 0.2) is 0 Å². The quantitative estimate of drug-likeness (QED) is 0.800. The minimum absolute atomic E-state index is 0.0107. The Hall–Kier alpha value is -2.11. The average molecular weight is 246 g/mol. The molecule has 2 aromatic rings. The van der Waals surface area contributed by atoms with E-state index in [1.54, 1.807) is 13.1 Å². The molecule has 0 bridgehead atoms. The van der Waals surface area contributed by atoms with E-state index in [0.717, 1.165) is 13.0 Å². The van der Waals surface area contributed by atoms with Crippen LogP contribution in [-0.4, -0.2) is 38.8 Å². The molecule has 18 heavy (non-hydrogen) atoms. The Morgan fingerprint density at radius 3 is 3.11 bits per heavy atom. The predicted octanol–water partition coefficient (Wildman–Crippen LogP) is 1.27. The Kier molecular flexibility index (Phi) is 2.62. The number of hydrogen-bond acceptors (Lipinski definition) is 4. The van der Waals surface area contributed by atoms with Gasteiger partial charge < -0.3 is 9.42 Å². The summed E-state index contributed by atoms with van der Waals surface area (Å²) >= 11 is 0. The largest absolute Gasteiger partial charge is 0.361 e. The maximum atomic E-state index is 12.2. The van der Waals surface area contributed by atoms with Crippen molar-refractivity contribution < 1.29 is 9.32 Å². The molecule has 0 radical (unpaired) electrons.